The van der Waals surface area contributed by atoms with Gasteiger partial charge in [0.2, 0.25) is 5.91 Å². The Morgan fingerprint density at radius 2 is 1.83 bits per heavy atom. The first kappa shape index (κ1) is 21.1. The normalized spacial score (nSPS) is 20.2. The van der Waals surface area contributed by atoms with Crippen molar-refractivity contribution in [1.82, 2.24) is 20.0 Å². The summed E-state index contributed by atoms with van der Waals surface area (Å²) in [5.41, 5.74) is 0.410. The van der Waals surface area contributed by atoms with Gasteiger partial charge < -0.3 is 15.1 Å². The van der Waals surface area contributed by atoms with Crippen LogP contribution >= 0.6 is 11.6 Å². The average Bonchev–Trinajstić information content (AvgIpc) is 2.95. The largest absolute Gasteiger partial charge is 0.340 e. The maximum absolute atomic E-state index is 13.2. The van der Waals surface area contributed by atoms with Gasteiger partial charge in [0.15, 0.2) is 0 Å². The van der Waals surface area contributed by atoms with E-state index in [0.717, 1.165) is 0 Å². The van der Waals surface area contributed by atoms with Crippen molar-refractivity contribution in [3.63, 3.8) is 0 Å². The second kappa shape index (κ2) is 8.41. The van der Waals surface area contributed by atoms with Crippen LogP contribution in [0.15, 0.2) is 24.3 Å². The third-order valence-electron chi connectivity index (χ3n) is 5.36. The van der Waals surface area contributed by atoms with Crippen molar-refractivity contribution in [3.05, 3.63) is 34.9 Å². The quantitative estimate of drug-likeness (QED) is 0.732. The summed E-state index contributed by atoms with van der Waals surface area (Å²) < 4.78 is 0. The molecule has 0 radical (unpaired) electrons. The van der Waals surface area contributed by atoms with Gasteiger partial charge >= 0.3 is 6.03 Å². The first-order valence-electron chi connectivity index (χ1n) is 9.71. The van der Waals surface area contributed by atoms with Gasteiger partial charge in [0.1, 0.15) is 12.1 Å². The molecule has 156 valence electrons. The summed E-state index contributed by atoms with van der Waals surface area (Å²) in [6.45, 7) is 6.52. The standard InChI is InChI=1S/C20H25ClN4O4/c1-4-24-18(27)15-11-23(9-10-25(15)20(24)29)19(28)16(12(2)3)22-17(26)13-5-7-14(21)8-6-13/h5-8,12,15-16H,4,9-11H2,1-3H3,(H,22,26)/t15-,16-/m1/s1. The van der Waals surface area contributed by atoms with Gasteiger partial charge in [-0.15, -0.1) is 0 Å². The van der Waals surface area contributed by atoms with Crippen molar-refractivity contribution in [3.8, 4) is 0 Å². The summed E-state index contributed by atoms with van der Waals surface area (Å²) in [5, 5.41) is 3.32. The maximum Gasteiger partial charge on any atom is 0.327 e. The van der Waals surface area contributed by atoms with Gasteiger partial charge in [-0.2, -0.15) is 0 Å². The topological polar surface area (TPSA) is 90.0 Å². The lowest BCUT2D eigenvalue weighted by atomic mass is 10.0. The van der Waals surface area contributed by atoms with Gasteiger partial charge in [0, 0.05) is 30.2 Å². The van der Waals surface area contributed by atoms with Crippen molar-refractivity contribution >= 4 is 35.4 Å². The van der Waals surface area contributed by atoms with Crippen LogP contribution in [0.5, 0.6) is 0 Å². The summed E-state index contributed by atoms with van der Waals surface area (Å²) in [6.07, 6.45) is 0. The molecule has 5 amide bonds. The van der Waals surface area contributed by atoms with Crippen molar-refractivity contribution in [1.29, 1.82) is 0 Å². The summed E-state index contributed by atoms with van der Waals surface area (Å²) >= 11 is 5.86. The number of carbonyl (C=O) groups excluding carboxylic acids is 4. The predicted octanol–water partition coefficient (Wildman–Crippen LogP) is 1.59. The number of piperazine rings is 1. The Morgan fingerprint density at radius 1 is 1.17 bits per heavy atom. The molecule has 3 rings (SSSR count). The third kappa shape index (κ3) is 4.07. The Bertz CT molecular complexity index is 826. The molecule has 2 heterocycles. The highest BCUT2D eigenvalue weighted by molar-refractivity contribution is 6.30. The predicted molar refractivity (Wildman–Crippen MR) is 107 cm³/mol. The van der Waals surface area contributed by atoms with Crippen LogP contribution in [0.2, 0.25) is 5.02 Å². The molecule has 0 spiro atoms. The minimum absolute atomic E-state index is 0.139. The minimum Gasteiger partial charge on any atom is -0.340 e. The van der Waals surface area contributed by atoms with E-state index in [1.54, 1.807) is 36.1 Å². The number of rotatable bonds is 5. The number of fused-ring (bicyclic) bond motifs is 1. The Labute approximate surface area is 174 Å². The van der Waals surface area contributed by atoms with E-state index >= 15 is 0 Å². The summed E-state index contributed by atoms with van der Waals surface area (Å²) in [5.74, 6) is -1.04. The molecule has 0 bridgehead atoms. The molecule has 2 fully saturated rings. The number of carbonyl (C=O) groups is 4. The van der Waals surface area contributed by atoms with Crippen LogP contribution in [-0.4, -0.2) is 76.7 Å². The van der Waals surface area contributed by atoms with Gasteiger partial charge in [0.25, 0.3) is 11.8 Å². The zero-order valence-electron chi connectivity index (χ0n) is 16.7. The van der Waals surface area contributed by atoms with E-state index in [2.05, 4.69) is 5.32 Å². The maximum atomic E-state index is 13.2. The lowest BCUT2D eigenvalue weighted by Gasteiger charge is -2.37. The first-order chi connectivity index (χ1) is 13.7. The Balaban J connectivity index is 1.71. The number of nitrogens with zero attached hydrogens (tertiary/aromatic N) is 3. The monoisotopic (exact) mass is 420 g/mol. The number of benzene rings is 1. The van der Waals surface area contributed by atoms with E-state index in [-0.39, 0.29) is 36.2 Å². The molecule has 2 saturated heterocycles. The molecular formula is C20H25ClN4O4. The van der Waals surface area contributed by atoms with Crippen LogP contribution in [0.25, 0.3) is 0 Å². The molecule has 1 aromatic carbocycles. The first-order valence-corrected chi connectivity index (χ1v) is 10.1. The average molecular weight is 421 g/mol. The Kier molecular flexibility index (Phi) is 6.12. The van der Waals surface area contributed by atoms with Gasteiger partial charge in [-0.1, -0.05) is 25.4 Å². The van der Waals surface area contributed by atoms with Crippen molar-refractivity contribution < 1.29 is 19.2 Å². The molecule has 0 aromatic heterocycles. The van der Waals surface area contributed by atoms with E-state index in [4.69, 9.17) is 11.6 Å². The van der Waals surface area contributed by atoms with E-state index in [0.29, 0.717) is 30.2 Å². The number of amides is 5. The summed E-state index contributed by atoms with van der Waals surface area (Å²) in [4.78, 5) is 54.8. The molecular weight excluding hydrogens is 396 g/mol. The summed E-state index contributed by atoms with van der Waals surface area (Å²) in [7, 11) is 0. The fourth-order valence-corrected chi connectivity index (χ4v) is 3.81. The van der Waals surface area contributed by atoms with Crippen LogP contribution in [0, 0.1) is 5.92 Å². The van der Waals surface area contributed by atoms with Gasteiger partial charge in [0.05, 0.1) is 6.54 Å². The second-order valence-corrected chi connectivity index (χ2v) is 8.00. The van der Waals surface area contributed by atoms with E-state index in [1.807, 2.05) is 13.8 Å². The highest BCUT2D eigenvalue weighted by Gasteiger charge is 2.48. The van der Waals surface area contributed by atoms with Crippen LogP contribution in [0.3, 0.4) is 0 Å². The van der Waals surface area contributed by atoms with E-state index < -0.39 is 12.1 Å². The smallest absolute Gasteiger partial charge is 0.327 e. The number of hydrogen-bond donors (Lipinski definition) is 1. The minimum atomic E-state index is -0.737. The van der Waals surface area contributed by atoms with Gasteiger partial charge in [-0.05, 0) is 37.1 Å². The van der Waals surface area contributed by atoms with Crippen molar-refractivity contribution in [2.75, 3.05) is 26.2 Å². The molecule has 1 aromatic rings. The number of imide groups is 1. The molecule has 29 heavy (non-hydrogen) atoms. The molecule has 2 aliphatic heterocycles. The Morgan fingerprint density at radius 3 is 2.41 bits per heavy atom. The number of urea groups is 1. The van der Waals surface area contributed by atoms with Gasteiger partial charge in [-0.3, -0.25) is 19.3 Å². The Hall–Kier alpha value is -2.61. The number of likely N-dealkylation sites (N-methyl/N-ethyl adjacent to an activating group) is 1. The zero-order valence-corrected chi connectivity index (χ0v) is 17.5. The number of hydrogen-bond acceptors (Lipinski definition) is 4. The summed E-state index contributed by atoms with van der Waals surface area (Å²) in [6, 6.07) is 4.74. The molecule has 9 heteroatoms. The molecule has 2 aliphatic rings. The molecule has 0 saturated carbocycles. The molecule has 1 N–H and O–H groups in total. The highest BCUT2D eigenvalue weighted by atomic mass is 35.5. The molecule has 8 nitrogen and oxygen atoms in total. The highest BCUT2D eigenvalue weighted by Crippen LogP contribution is 2.23. The fourth-order valence-electron chi connectivity index (χ4n) is 3.68. The lowest BCUT2D eigenvalue weighted by Crippen LogP contribution is -2.59. The SMILES string of the molecule is CCN1C(=O)[C@H]2CN(C(=O)[C@H](NC(=O)c3ccc(Cl)cc3)C(C)C)CCN2C1=O. The van der Waals surface area contributed by atoms with E-state index in [1.165, 1.54) is 9.80 Å². The van der Waals surface area contributed by atoms with Crippen LogP contribution in [-0.2, 0) is 9.59 Å². The second-order valence-electron chi connectivity index (χ2n) is 7.56. The third-order valence-corrected chi connectivity index (χ3v) is 5.61. The van der Waals surface area contributed by atoms with Gasteiger partial charge in [-0.25, -0.2) is 4.79 Å². The molecule has 2 atom stereocenters. The zero-order chi connectivity index (χ0) is 21.3. The van der Waals surface area contributed by atoms with Crippen LogP contribution < -0.4 is 5.32 Å². The van der Waals surface area contributed by atoms with Crippen LogP contribution in [0.4, 0.5) is 4.79 Å². The number of halogens is 1. The molecule has 0 aliphatic carbocycles. The van der Waals surface area contributed by atoms with Crippen LogP contribution in [0.1, 0.15) is 31.1 Å². The fraction of sp³-hybridized carbons (Fsp3) is 0.500. The number of nitrogens with one attached hydrogen (secondary N) is 1. The van der Waals surface area contributed by atoms with Crippen molar-refractivity contribution in [2.24, 2.45) is 5.92 Å². The van der Waals surface area contributed by atoms with Crippen molar-refractivity contribution in [2.45, 2.75) is 32.9 Å². The molecule has 0 unspecified atom stereocenters. The lowest BCUT2D eigenvalue weighted by molar-refractivity contribution is -0.138. The van der Waals surface area contributed by atoms with E-state index in [9.17, 15) is 19.2 Å².